The summed E-state index contributed by atoms with van der Waals surface area (Å²) in [6.45, 7) is 3.82. The molecule has 0 radical (unpaired) electrons. The Balaban J connectivity index is 2.41. The predicted octanol–water partition coefficient (Wildman–Crippen LogP) is 0.309. The van der Waals surface area contributed by atoms with E-state index in [1.54, 1.807) is 0 Å². The summed E-state index contributed by atoms with van der Waals surface area (Å²) in [5.74, 6) is -1.53. The molecule has 0 aliphatic carbocycles. The summed E-state index contributed by atoms with van der Waals surface area (Å²) in [5, 5.41) is 11.0. The molecule has 0 aromatic heterocycles. The van der Waals surface area contributed by atoms with Crippen molar-refractivity contribution in [3.05, 3.63) is 12.2 Å². The van der Waals surface area contributed by atoms with Gasteiger partial charge in [0, 0.05) is 12.2 Å². The third kappa shape index (κ3) is 3.71. The molecule has 1 saturated heterocycles. The van der Waals surface area contributed by atoms with Crippen molar-refractivity contribution in [1.29, 1.82) is 0 Å². The van der Waals surface area contributed by atoms with Crippen LogP contribution >= 0.6 is 0 Å². The van der Waals surface area contributed by atoms with E-state index >= 15 is 0 Å². The van der Waals surface area contributed by atoms with Gasteiger partial charge >= 0.3 is 5.97 Å². The first kappa shape index (κ1) is 11.7. The maximum Gasteiger partial charge on any atom is 0.328 e. The summed E-state index contributed by atoms with van der Waals surface area (Å²) in [5.41, 5.74) is 0. The molecule has 5 heteroatoms. The molecule has 84 valence electrons. The molecule has 1 heterocycles. The highest BCUT2D eigenvalue weighted by Crippen LogP contribution is 2.19. The lowest BCUT2D eigenvalue weighted by molar-refractivity contribution is -0.131. The number of carbonyl (C=O) groups is 2. The third-order valence-corrected chi connectivity index (χ3v) is 2.30. The van der Waals surface area contributed by atoms with E-state index in [2.05, 4.69) is 5.32 Å². The van der Waals surface area contributed by atoms with E-state index in [-0.39, 0.29) is 18.2 Å². The van der Waals surface area contributed by atoms with Gasteiger partial charge in [0.2, 0.25) is 5.91 Å². The molecule has 0 aromatic rings. The van der Waals surface area contributed by atoms with Gasteiger partial charge in [-0.25, -0.2) is 4.79 Å². The van der Waals surface area contributed by atoms with Gasteiger partial charge in [-0.05, 0) is 20.3 Å². The van der Waals surface area contributed by atoms with E-state index in [1.807, 2.05) is 13.8 Å². The molecule has 1 aliphatic rings. The van der Waals surface area contributed by atoms with E-state index in [9.17, 15) is 9.59 Å². The van der Waals surface area contributed by atoms with E-state index in [4.69, 9.17) is 9.84 Å². The molecular weight excluding hydrogens is 198 g/mol. The lowest BCUT2D eigenvalue weighted by Gasteiger charge is -2.14. The fraction of sp³-hybridized carbons (Fsp3) is 0.600. The van der Waals surface area contributed by atoms with Crippen molar-refractivity contribution in [1.82, 2.24) is 5.32 Å². The van der Waals surface area contributed by atoms with Crippen LogP contribution in [0, 0.1) is 0 Å². The maximum absolute atomic E-state index is 11.2. The number of carboxylic acid groups (broad SMARTS) is 1. The number of carbonyl (C=O) groups excluding carboxylic acids is 1. The van der Waals surface area contributed by atoms with E-state index in [0.717, 1.165) is 18.6 Å². The zero-order valence-electron chi connectivity index (χ0n) is 8.77. The minimum absolute atomic E-state index is 0.0258. The fourth-order valence-corrected chi connectivity index (χ4v) is 1.62. The van der Waals surface area contributed by atoms with Gasteiger partial charge in [-0.3, -0.25) is 4.79 Å². The second-order valence-electron chi connectivity index (χ2n) is 3.67. The lowest BCUT2D eigenvalue weighted by Crippen LogP contribution is -2.38. The van der Waals surface area contributed by atoms with Crippen LogP contribution in [0.15, 0.2) is 12.2 Å². The number of aliphatic carboxylic acids is 1. The first-order chi connectivity index (χ1) is 6.99. The molecule has 3 unspecified atom stereocenters. The molecule has 1 aliphatic heterocycles. The molecule has 5 nitrogen and oxygen atoms in total. The van der Waals surface area contributed by atoms with E-state index < -0.39 is 11.9 Å². The van der Waals surface area contributed by atoms with Crippen LogP contribution < -0.4 is 5.32 Å². The van der Waals surface area contributed by atoms with Crippen LogP contribution in [0.4, 0.5) is 0 Å². The van der Waals surface area contributed by atoms with E-state index in [1.165, 1.54) is 0 Å². The molecule has 0 saturated carbocycles. The van der Waals surface area contributed by atoms with Gasteiger partial charge in [-0.2, -0.15) is 0 Å². The Morgan fingerprint density at radius 3 is 2.53 bits per heavy atom. The number of carboxylic acids is 1. The Morgan fingerprint density at radius 2 is 2.07 bits per heavy atom. The van der Waals surface area contributed by atoms with Crippen molar-refractivity contribution in [3.63, 3.8) is 0 Å². The first-order valence-corrected chi connectivity index (χ1v) is 4.86. The summed E-state index contributed by atoms with van der Waals surface area (Å²) in [6, 6.07) is -0.0362. The van der Waals surface area contributed by atoms with Gasteiger partial charge in [0.15, 0.2) is 0 Å². The second-order valence-corrected chi connectivity index (χ2v) is 3.67. The Labute approximate surface area is 88.1 Å². The van der Waals surface area contributed by atoms with Gasteiger partial charge in [0.25, 0.3) is 0 Å². The van der Waals surface area contributed by atoms with Gasteiger partial charge in [0.05, 0.1) is 18.2 Å². The minimum Gasteiger partial charge on any atom is -0.478 e. The summed E-state index contributed by atoms with van der Waals surface area (Å²) < 4.78 is 5.45. The van der Waals surface area contributed by atoms with Crippen molar-refractivity contribution in [2.45, 2.75) is 38.5 Å². The highest BCUT2D eigenvalue weighted by Gasteiger charge is 2.29. The Kier molecular flexibility index (Phi) is 3.85. The first-order valence-electron chi connectivity index (χ1n) is 4.86. The maximum atomic E-state index is 11.2. The number of hydrogen-bond donors (Lipinski definition) is 2. The van der Waals surface area contributed by atoms with Gasteiger partial charge in [0.1, 0.15) is 0 Å². The largest absolute Gasteiger partial charge is 0.478 e. The smallest absolute Gasteiger partial charge is 0.328 e. The Hall–Kier alpha value is -1.36. The number of nitrogens with one attached hydrogen (secondary N) is 1. The predicted molar refractivity (Wildman–Crippen MR) is 53.3 cm³/mol. The van der Waals surface area contributed by atoms with Crippen molar-refractivity contribution in [3.8, 4) is 0 Å². The summed E-state index contributed by atoms with van der Waals surface area (Å²) >= 11 is 0. The zero-order valence-corrected chi connectivity index (χ0v) is 8.77. The molecular formula is C10H15NO4. The molecule has 15 heavy (non-hydrogen) atoms. The molecule has 1 amide bonds. The molecule has 1 rings (SSSR count). The standard InChI is InChI=1S/C10H15NO4/c1-6-5-8(7(2)15-6)11-9(12)3-4-10(13)14/h3-4,6-8H,5H2,1-2H3,(H,11,12)(H,13,14)/b4-3+. The number of ether oxygens (including phenoxy) is 1. The molecule has 0 bridgehead atoms. The van der Waals surface area contributed by atoms with E-state index in [0.29, 0.717) is 0 Å². The molecule has 1 fully saturated rings. The monoisotopic (exact) mass is 213 g/mol. The van der Waals surface area contributed by atoms with Gasteiger partial charge in [-0.15, -0.1) is 0 Å². The second kappa shape index (κ2) is 4.93. The van der Waals surface area contributed by atoms with Crippen molar-refractivity contribution >= 4 is 11.9 Å². The molecule has 2 N–H and O–H groups in total. The lowest BCUT2D eigenvalue weighted by atomic mass is 10.1. The van der Waals surface area contributed by atoms with Crippen molar-refractivity contribution in [2.75, 3.05) is 0 Å². The van der Waals surface area contributed by atoms with Crippen LogP contribution in [0.3, 0.4) is 0 Å². The number of hydrogen-bond acceptors (Lipinski definition) is 3. The topological polar surface area (TPSA) is 75.6 Å². The Morgan fingerprint density at radius 1 is 1.40 bits per heavy atom. The molecule has 3 atom stereocenters. The zero-order chi connectivity index (χ0) is 11.4. The minimum atomic E-state index is -1.13. The normalized spacial score (nSPS) is 30.7. The van der Waals surface area contributed by atoms with Crippen LogP contribution in [-0.4, -0.2) is 35.2 Å². The van der Waals surface area contributed by atoms with Crippen LogP contribution in [0.1, 0.15) is 20.3 Å². The van der Waals surface area contributed by atoms with Crippen molar-refractivity contribution < 1.29 is 19.4 Å². The molecule has 0 aromatic carbocycles. The number of amides is 1. The van der Waals surface area contributed by atoms with Crippen LogP contribution in [0.25, 0.3) is 0 Å². The highest BCUT2D eigenvalue weighted by molar-refractivity contribution is 5.94. The highest BCUT2D eigenvalue weighted by atomic mass is 16.5. The van der Waals surface area contributed by atoms with Crippen LogP contribution in [0.2, 0.25) is 0 Å². The van der Waals surface area contributed by atoms with Gasteiger partial charge < -0.3 is 15.2 Å². The van der Waals surface area contributed by atoms with Gasteiger partial charge in [-0.1, -0.05) is 0 Å². The fourth-order valence-electron chi connectivity index (χ4n) is 1.62. The molecule has 0 spiro atoms. The van der Waals surface area contributed by atoms with Crippen molar-refractivity contribution in [2.24, 2.45) is 0 Å². The summed E-state index contributed by atoms with van der Waals surface area (Å²) in [6.07, 6.45) is 2.70. The SMILES string of the molecule is CC1CC(NC(=O)/C=C/C(=O)O)C(C)O1. The summed E-state index contributed by atoms with van der Waals surface area (Å²) in [4.78, 5) is 21.4. The summed E-state index contributed by atoms with van der Waals surface area (Å²) in [7, 11) is 0. The van der Waals surface area contributed by atoms with Crippen LogP contribution in [-0.2, 0) is 14.3 Å². The van der Waals surface area contributed by atoms with Crippen LogP contribution in [0.5, 0.6) is 0 Å². The Bertz CT molecular complexity index is 287. The number of rotatable bonds is 3. The average Bonchev–Trinajstić information content (AvgIpc) is 2.42. The third-order valence-electron chi connectivity index (χ3n) is 2.30. The average molecular weight is 213 g/mol. The quantitative estimate of drug-likeness (QED) is 0.661.